The molecule has 0 amide bonds. The lowest BCUT2D eigenvalue weighted by molar-refractivity contribution is 0.195. The van der Waals surface area contributed by atoms with E-state index in [4.69, 9.17) is 16.7 Å². The van der Waals surface area contributed by atoms with Crippen LogP contribution in [0.2, 0.25) is 5.02 Å². The van der Waals surface area contributed by atoms with E-state index in [1.54, 1.807) is 13.0 Å². The van der Waals surface area contributed by atoms with Gasteiger partial charge in [0, 0.05) is 0 Å². The van der Waals surface area contributed by atoms with Gasteiger partial charge in [-0.15, -0.1) is 0 Å². The summed E-state index contributed by atoms with van der Waals surface area (Å²) in [7, 11) is 0. The van der Waals surface area contributed by atoms with Gasteiger partial charge in [-0.3, -0.25) is 0 Å². The smallest absolute Gasteiger partial charge is 0.142 e. The highest BCUT2D eigenvalue weighted by atomic mass is 35.5. The van der Waals surface area contributed by atoms with Gasteiger partial charge in [0.2, 0.25) is 0 Å². The van der Waals surface area contributed by atoms with Crippen LogP contribution in [0.1, 0.15) is 12.5 Å². The number of hydrogen-bond acceptors (Lipinski definition) is 1. The summed E-state index contributed by atoms with van der Waals surface area (Å²) in [6, 6.07) is 4.54. The number of benzene rings is 1. The Morgan fingerprint density at radius 2 is 2.25 bits per heavy atom. The van der Waals surface area contributed by atoms with Gasteiger partial charge in [0.05, 0.1) is 11.1 Å². The van der Waals surface area contributed by atoms with Crippen molar-refractivity contribution in [3.05, 3.63) is 34.6 Å². The van der Waals surface area contributed by atoms with Crippen LogP contribution in [0.25, 0.3) is 0 Å². The van der Waals surface area contributed by atoms with Gasteiger partial charge in [-0.25, -0.2) is 4.39 Å². The van der Waals surface area contributed by atoms with Gasteiger partial charge in [-0.1, -0.05) is 17.7 Å². The largest absolute Gasteiger partial charge is 0.393 e. The second kappa shape index (κ2) is 3.87. The fourth-order valence-electron chi connectivity index (χ4n) is 1.01. The van der Waals surface area contributed by atoms with E-state index in [1.807, 2.05) is 0 Å². The molecule has 1 nitrogen and oxygen atoms in total. The van der Waals surface area contributed by atoms with Crippen LogP contribution in [0.4, 0.5) is 4.39 Å². The first-order valence-electron chi connectivity index (χ1n) is 3.71. The van der Waals surface area contributed by atoms with Crippen LogP contribution in [0, 0.1) is 5.82 Å². The zero-order valence-corrected chi connectivity index (χ0v) is 7.48. The van der Waals surface area contributed by atoms with Gasteiger partial charge in [0.25, 0.3) is 0 Å². The third-order valence-electron chi connectivity index (χ3n) is 1.52. The highest BCUT2D eigenvalue weighted by Gasteiger charge is 2.03. The summed E-state index contributed by atoms with van der Waals surface area (Å²) < 4.78 is 12.8. The first-order valence-corrected chi connectivity index (χ1v) is 4.09. The van der Waals surface area contributed by atoms with E-state index in [0.29, 0.717) is 6.42 Å². The minimum Gasteiger partial charge on any atom is -0.393 e. The Hall–Kier alpha value is -0.600. The van der Waals surface area contributed by atoms with Crippen molar-refractivity contribution < 1.29 is 9.50 Å². The lowest BCUT2D eigenvalue weighted by Gasteiger charge is -2.04. The van der Waals surface area contributed by atoms with Gasteiger partial charge in [-0.05, 0) is 31.0 Å². The Balaban J connectivity index is 2.82. The Morgan fingerprint density at radius 3 is 2.75 bits per heavy atom. The molecule has 0 aliphatic rings. The predicted molar refractivity (Wildman–Crippen MR) is 46.8 cm³/mol. The minimum absolute atomic E-state index is 0.115. The average molecular weight is 189 g/mol. The molecule has 1 atom stereocenters. The maximum atomic E-state index is 12.8. The molecule has 0 heterocycles. The monoisotopic (exact) mass is 188 g/mol. The molecule has 1 aromatic carbocycles. The molecule has 3 heteroatoms. The molecule has 0 spiro atoms. The van der Waals surface area contributed by atoms with E-state index in [1.165, 1.54) is 12.1 Å². The van der Waals surface area contributed by atoms with E-state index in [0.717, 1.165) is 5.56 Å². The summed E-state index contributed by atoms with van der Waals surface area (Å²) in [5.41, 5.74) is 0.756. The number of aliphatic hydroxyl groups is 1. The summed E-state index contributed by atoms with van der Waals surface area (Å²) in [5, 5.41) is 9.13. The minimum atomic E-state index is -0.453. The van der Waals surface area contributed by atoms with Crippen molar-refractivity contribution in [2.24, 2.45) is 0 Å². The lowest BCUT2D eigenvalue weighted by Crippen LogP contribution is -2.04. The summed E-state index contributed by atoms with van der Waals surface area (Å²) in [5.74, 6) is -0.435. The van der Waals surface area contributed by atoms with Crippen molar-refractivity contribution in [1.29, 1.82) is 0 Å². The predicted octanol–water partition coefficient (Wildman–Crippen LogP) is 2.40. The van der Waals surface area contributed by atoms with Crippen LogP contribution in [0.15, 0.2) is 18.2 Å². The van der Waals surface area contributed by atoms with Crippen molar-refractivity contribution in [2.75, 3.05) is 0 Å². The standard InChI is InChI=1S/C9H10ClFO/c1-6(12)4-7-2-3-8(10)9(11)5-7/h2-3,5-6,12H,4H2,1H3. The van der Waals surface area contributed by atoms with Crippen molar-refractivity contribution in [3.8, 4) is 0 Å². The molecule has 0 aliphatic heterocycles. The quantitative estimate of drug-likeness (QED) is 0.756. The summed E-state index contributed by atoms with van der Waals surface area (Å²) in [6.45, 7) is 1.66. The Kier molecular flexibility index (Phi) is 3.06. The fourth-order valence-corrected chi connectivity index (χ4v) is 1.13. The van der Waals surface area contributed by atoms with Crippen molar-refractivity contribution in [2.45, 2.75) is 19.4 Å². The molecule has 1 aromatic rings. The lowest BCUT2D eigenvalue weighted by atomic mass is 10.1. The van der Waals surface area contributed by atoms with Gasteiger partial charge < -0.3 is 5.11 Å². The number of hydrogen-bond donors (Lipinski definition) is 1. The van der Waals surface area contributed by atoms with Crippen LogP contribution in [0.5, 0.6) is 0 Å². The molecule has 1 N–H and O–H groups in total. The highest BCUT2D eigenvalue weighted by molar-refractivity contribution is 6.30. The second-order valence-corrected chi connectivity index (χ2v) is 3.21. The maximum absolute atomic E-state index is 12.8. The van der Waals surface area contributed by atoms with Crippen LogP contribution >= 0.6 is 11.6 Å². The van der Waals surface area contributed by atoms with E-state index in [2.05, 4.69) is 0 Å². The molecule has 0 aliphatic carbocycles. The molecule has 0 aromatic heterocycles. The first-order chi connectivity index (χ1) is 5.59. The van der Waals surface area contributed by atoms with Gasteiger partial charge in [0.15, 0.2) is 0 Å². The third-order valence-corrected chi connectivity index (χ3v) is 1.82. The highest BCUT2D eigenvalue weighted by Crippen LogP contribution is 2.16. The number of aliphatic hydroxyl groups excluding tert-OH is 1. The molecule has 0 saturated carbocycles. The summed E-state index contributed by atoms with van der Waals surface area (Å²) in [4.78, 5) is 0. The van der Waals surface area contributed by atoms with Crippen molar-refractivity contribution in [3.63, 3.8) is 0 Å². The second-order valence-electron chi connectivity index (χ2n) is 2.80. The molecular weight excluding hydrogens is 179 g/mol. The molecular formula is C9H10ClFO. The normalized spacial score (nSPS) is 13.0. The molecule has 0 fully saturated rings. The Bertz CT molecular complexity index is 273. The molecule has 1 unspecified atom stereocenters. The van der Waals surface area contributed by atoms with Crippen LogP contribution in [-0.2, 0) is 6.42 Å². The molecule has 0 radical (unpaired) electrons. The van der Waals surface area contributed by atoms with Crippen molar-refractivity contribution >= 4 is 11.6 Å². The SMILES string of the molecule is CC(O)Cc1ccc(Cl)c(F)c1. The van der Waals surface area contributed by atoms with Crippen LogP contribution < -0.4 is 0 Å². The maximum Gasteiger partial charge on any atom is 0.142 e. The Morgan fingerprint density at radius 1 is 1.58 bits per heavy atom. The molecule has 0 saturated heterocycles. The van der Waals surface area contributed by atoms with Gasteiger partial charge >= 0.3 is 0 Å². The van der Waals surface area contributed by atoms with Gasteiger partial charge in [0.1, 0.15) is 5.82 Å². The Labute approximate surface area is 75.8 Å². The molecule has 12 heavy (non-hydrogen) atoms. The molecule has 1 rings (SSSR count). The van der Waals surface area contributed by atoms with Crippen molar-refractivity contribution in [1.82, 2.24) is 0 Å². The van der Waals surface area contributed by atoms with Gasteiger partial charge in [-0.2, -0.15) is 0 Å². The third kappa shape index (κ3) is 2.47. The fraction of sp³-hybridized carbons (Fsp3) is 0.333. The topological polar surface area (TPSA) is 20.2 Å². The van der Waals surface area contributed by atoms with E-state index < -0.39 is 11.9 Å². The zero-order valence-electron chi connectivity index (χ0n) is 6.72. The average Bonchev–Trinajstić information content (AvgIpc) is 1.96. The summed E-state index contributed by atoms with van der Waals surface area (Å²) >= 11 is 5.48. The zero-order chi connectivity index (χ0) is 9.14. The number of halogens is 2. The summed E-state index contributed by atoms with van der Waals surface area (Å²) in [6.07, 6.45) is -0.000702. The van der Waals surface area contributed by atoms with Crippen LogP contribution in [-0.4, -0.2) is 11.2 Å². The number of rotatable bonds is 2. The van der Waals surface area contributed by atoms with E-state index >= 15 is 0 Å². The van der Waals surface area contributed by atoms with E-state index in [9.17, 15) is 4.39 Å². The molecule has 0 bridgehead atoms. The first kappa shape index (κ1) is 9.49. The molecule has 66 valence electrons. The van der Waals surface area contributed by atoms with Crippen LogP contribution in [0.3, 0.4) is 0 Å². The van der Waals surface area contributed by atoms with E-state index in [-0.39, 0.29) is 5.02 Å².